The van der Waals surface area contributed by atoms with Crippen molar-refractivity contribution in [2.24, 2.45) is 11.8 Å². The molecule has 2 aliphatic rings. The molecule has 1 aromatic rings. The van der Waals surface area contributed by atoms with Gasteiger partial charge in [0.25, 0.3) is 0 Å². The third-order valence-corrected chi connectivity index (χ3v) is 4.32. The van der Waals surface area contributed by atoms with Crippen LogP contribution < -0.4 is 4.74 Å². The van der Waals surface area contributed by atoms with Crippen molar-refractivity contribution in [2.45, 2.75) is 25.7 Å². The molecular formula is C13H16O. The fourth-order valence-corrected chi connectivity index (χ4v) is 3.34. The Morgan fingerprint density at radius 2 is 1.93 bits per heavy atom. The van der Waals surface area contributed by atoms with Gasteiger partial charge in [-0.2, -0.15) is 0 Å². The minimum Gasteiger partial charge on any atom is -0.492 e. The van der Waals surface area contributed by atoms with Gasteiger partial charge in [-0.1, -0.05) is 32.0 Å². The van der Waals surface area contributed by atoms with E-state index in [0.717, 1.165) is 24.2 Å². The number of para-hydroxylation sites is 1. The highest BCUT2D eigenvalue weighted by molar-refractivity contribution is 5.46. The van der Waals surface area contributed by atoms with Crippen molar-refractivity contribution in [3.63, 3.8) is 0 Å². The summed E-state index contributed by atoms with van der Waals surface area (Å²) in [5.41, 5.74) is 1.79. The Morgan fingerprint density at radius 1 is 1.21 bits per heavy atom. The van der Waals surface area contributed by atoms with E-state index in [2.05, 4.69) is 38.1 Å². The summed E-state index contributed by atoms with van der Waals surface area (Å²) < 4.78 is 5.80. The number of ether oxygens (including phenoxy) is 1. The van der Waals surface area contributed by atoms with Gasteiger partial charge >= 0.3 is 0 Å². The predicted octanol–water partition coefficient (Wildman–Crippen LogP) is 2.99. The molecule has 0 amide bonds. The van der Waals surface area contributed by atoms with E-state index in [0.29, 0.717) is 5.41 Å². The van der Waals surface area contributed by atoms with Crippen LogP contribution in [0.1, 0.15) is 25.8 Å². The van der Waals surface area contributed by atoms with Gasteiger partial charge in [0.1, 0.15) is 5.75 Å². The van der Waals surface area contributed by atoms with Gasteiger partial charge in [-0.15, -0.1) is 0 Å². The van der Waals surface area contributed by atoms with E-state index in [1.54, 1.807) is 0 Å². The molecule has 0 bridgehead atoms. The average molecular weight is 188 g/mol. The van der Waals surface area contributed by atoms with Crippen LogP contribution in [0.4, 0.5) is 0 Å². The second-order valence-corrected chi connectivity index (χ2v) is 4.86. The van der Waals surface area contributed by atoms with E-state index in [1.165, 1.54) is 12.0 Å². The first-order valence-electron chi connectivity index (χ1n) is 5.47. The standard InChI is InChI=1S/C13H16O/c1-9-7-10(2)13(9)8-14-12-6-4-3-5-11(12)13/h3-6,9-10H,7-8H2,1-2H3. The second-order valence-electron chi connectivity index (χ2n) is 4.86. The fraction of sp³-hybridized carbons (Fsp3) is 0.538. The molecule has 1 nitrogen and oxygen atoms in total. The molecule has 1 aliphatic carbocycles. The van der Waals surface area contributed by atoms with Crippen molar-refractivity contribution in [1.82, 2.24) is 0 Å². The molecule has 2 unspecified atom stereocenters. The molecule has 0 aromatic heterocycles. The Hall–Kier alpha value is -0.980. The first-order chi connectivity index (χ1) is 6.75. The van der Waals surface area contributed by atoms with Gasteiger partial charge in [-0.05, 0) is 24.3 Å². The lowest BCUT2D eigenvalue weighted by atomic mass is 9.52. The van der Waals surface area contributed by atoms with Gasteiger partial charge in [0.05, 0.1) is 6.61 Å². The lowest BCUT2D eigenvalue weighted by molar-refractivity contribution is 0.0308. The highest BCUT2D eigenvalue weighted by Crippen LogP contribution is 2.58. The maximum atomic E-state index is 5.80. The summed E-state index contributed by atoms with van der Waals surface area (Å²) in [6.45, 7) is 5.60. The zero-order valence-electron chi connectivity index (χ0n) is 8.79. The SMILES string of the molecule is CC1CC(C)C12COc1ccccc12. The summed E-state index contributed by atoms with van der Waals surface area (Å²) in [6, 6.07) is 8.54. The number of fused-ring (bicyclic) bond motifs is 2. The lowest BCUT2D eigenvalue weighted by Crippen LogP contribution is -2.51. The van der Waals surface area contributed by atoms with E-state index in [-0.39, 0.29) is 0 Å². The van der Waals surface area contributed by atoms with Crippen LogP contribution in [0.3, 0.4) is 0 Å². The summed E-state index contributed by atoms with van der Waals surface area (Å²) in [4.78, 5) is 0. The second kappa shape index (κ2) is 2.53. The van der Waals surface area contributed by atoms with Gasteiger partial charge in [-0.3, -0.25) is 0 Å². The normalized spacial score (nSPS) is 39.0. The Labute approximate surface area is 85.1 Å². The molecule has 0 N–H and O–H groups in total. The Kier molecular flexibility index (Phi) is 1.51. The highest BCUT2D eigenvalue weighted by atomic mass is 16.5. The number of benzene rings is 1. The van der Waals surface area contributed by atoms with Crippen LogP contribution in [0.5, 0.6) is 5.75 Å². The van der Waals surface area contributed by atoms with Crippen molar-refractivity contribution in [1.29, 1.82) is 0 Å². The summed E-state index contributed by atoms with van der Waals surface area (Å²) in [5.74, 6) is 2.67. The zero-order chi connectivity index (χ0) is 9.76. The minimum atomic E-state index is 0.344. The molecule has 1 spiro atoms. The molecule has 2 atom stereocenters. The first kappa shape index (κ1) is 8.34. The van der Waals surface area contributed by atoms with Crippen LogP contribution in [0.25, 0.3) is 0 Å². The van der Waals surface area contributed by atoms with E-state index in [1.807, 2.05) is 0 Å². The first-order valence-corrected chi connectivity index (χ1v) is 5.47. The van der Waals surface area contributed by atoms with Crippen LogP contribution >= 0.6 is 0 Å². The van der Waals surface area contributed by atoms with Crippen LogP contribution in [0.2, 0.25) is 0 Å². The molecule has 0 saturated heterocycles. The Morgan fingerprint density at radius 3 is 2.64 bits per heavy atom. The molecular weight excluding hydrogens is 172 g/mol. The Balaban J connectivity index is 2.13. The smallest absolute Gasteiger partial charge is 0.123 e. The van der Waals surface area contributed by atoms with Crippen molar-refractivity contribution in [3.05, 3.63) is 29.8 Å². The average Bonchev–Trinajstić information content (AvgIpc) is 2.60. The third-order valence-electron chi connectivity index (χ3n) is 4.32. The fourth-order valence-electron chi connectivity index (χ4n) is 3.34. The van der Waals surface area contributed by atoms with Gasteiger partial charge < -0.3 is 4.74 Å². The molecule has 3 rings (SSSR count). The highest BCUT2D eigenvalue weighted by Gasteiger charge is 2.55. The number of rotatable bonds is 0. The third kappa shape index (κ3) is 0.765. The summed E-state index contributed by atoms with van der Waals surface area (Å²) in [6.07, 6.45) is 1.34. The Bertz CT molecular complexity index is 361. The molecule has 74 valence electrons. The molecule has 1 aromatic carbocycles. The van der Waals surface area contributed by atoms with Crippen LogP contribution in [-0.2, 0) is 5.41 Å². The van der Waals surface area contributed by atoms with Crippen LogP contribution in [-0.4, -0.2) is 6.61 Å². The molecule has 1 saturated carbocycles. The molecule has 1 heteroatoms. The quantitative estimate of drug-likeness (QED) is 0.608. The molecule has 1 aliphatic heterocycles. The summed E-state index contributed by atoms with van der Waals surface area (Å²) >= 11 is 0. The maximum Gasteiger partial charge on any atom is 0.123 e. The largest absolute Gasteiger partial charge is 0.492 e. The number of hydrogen-bond donors (Lipinski definition) is 0. The lowest BCUT2D eigenvalue weighted by Gasteiger charge is -2.50. The zero-order valence-corrected chi connectivity index (χ0v) is 8.79. The van der Waals surface area contributed by atoms with Gasteiger partial charge in [0.2, 0.25) is 0 Å². The van der Waals surface area contributed by atoms with Gasteiger partial charge in [-0.25, -0.2) is 0 Å². The van der Waals surface area contributed by atoms with Crippen LogP contribution in [0, 0.1) is 11.8 Å². The summed E-state index contributed by atoms with van der Waals surface area (Å²) in [7, 11) is 0. The molecule has 1 fully saturated rings. The van der Waals surface area contributed by atoms with E-state index < -0.39 is 0 Å². The summed E-state index contributed by atoms with van der Waals surface area (Å²) in [5, 5.41) is 0. The van der Waals surface area contributed by atoms with E-state index >= 15 is 0 Å². The van der Waals surface area contributed by atoms with E-state index in [4.69, 9.17) is 4.74 Å². The number of hydrogen-bond acceptors (Lipinski definition) is 1. The molecule has 14 heavy (non-hydrogen) atoms. The van der Waals surface area contributed by atoms with Crippen molar-refractivity contribution in [2.75, 3.05) is 6.61 Å². The predicted molar refractivity (Wildman–Crippen MR) is 56.6 cm³/mol. The molecule has 1 heterocycles. The maximum absolute atomic E-state index is 5.80. The van der Waals surface area contributed by atoms with Gasteiger partial charge in [0.15, 0.2) is 0 Å². The monoisotopic (exact) mass is 188 g/mol. The topological polar surface area (TPSA) is 9.23 Å². The van der Waals surface area contributed by atoms with Crippen molar-refractivity contribution < 1.29 is 4.74 Å². The van der Waals surface area contributed by atoms with Crippen molar-refractivity contribution >= 4 is 0 Å². The van der Waals surface area contributed by atoms with Crippen molar-refractivity contribution in [3.8, 4) is 5.75 Å². The van der Waals surface area contributed by atoms with Gasteiger partial charge in [0, 0.05) is 11.0 Å². The van der Waals surface area contributed by atoms with E-state index in [9.17, 15) is 0 Å². The van der Waals surface area contributed by atoms with Crippen LogP contribution in [0.15, 0.2) is 24.3 Å². The minimum absolute atomic E-state index is 0.344. The molecule has 0 radical (unpaired) electrons.